The van der Waals surface area contributed by atoms with Crippen LogP contribution in [0.4, 0.5) is 10.2 Å². The van der Waals surface area contributed by atoms with Gasteiger partial charge in [0.15, 0.2) is 14.1 Å². The van der Waals surface area contributed by atoms with Crippen molar-refractivity contribution < 1.29 is 17.9 Å². The third kappa shape index (κ3) is 6.91. The van der Waals surface area contributed by atoms with Crippen molar-refractivity contribution in [2.75, 3.05) is 36.1 Å². The van der Waals surface area contributed by atoms with Gasteiger partial charge >= 0.3 is 0 Å². The summed E-state index contributed by atoms with van der Waals surface area (Å²) in [4.78, 5) is 19.8. The Morgan fingerprint density at radius 3 is 2.35 bits per heavy atom. The van der Waals surface area contributed by atoms with Crippen molar-refractivity contribution in [2.24, 2.45) is 0 Å². The second-order valence-corrected chi connectivity index (χ2v) is 17.8. The van der Waals surface area contributed by atoms with E-state index in [2.05, 4.69) is 38.8 Å². The molecule has 1 aliphatic rings. The summed E-state index contributed by atoms with van der Waals surface area (Å²) in [6.45, 7) is 12.8. The minimum absolute atomic E-state index is 0.145. The van der Waals surface area contributed by atoms with Crippen LogP contribution in [0.15, 0.2) is 35.3 Å². The van der Waals surface area contributed by atoms with Gasteiger partial charge in [-0.2, -0.15) is 10.6 Å². The zero-order chi connectivity index (χ0) is 25.1. The average Bonchev–Trinajstić information content (AvgIpc) is 2.74. The smallest absolute Gasteiger partial charge is 0.293 e. The largest absolute Gasteiger partial charge is 0.417 e. The molecule has 1 aliphatic heterocycles. The van der Waals surface area contributed by atoms with E-state index in [0.717, 1.165) is 17.7 Å². The lowest BCUT2D eigenvalue weighted by Gasteiger charge is -2.41. The van der Waals surface area contributed by atoms with Crippen molar-refractivity contribution in [1.29, 1.82) is 0 Å². The number of nitrogens with zero attached hydrogens (tertiary/aromatic N) is 3. The highest BCUT2D eigenvalue weighted by Gasteiger charge is 2.36. The summed E-state index contributed by atoms with van der Waals surface area (Å²) in [7, 11) is -4.41. The maximum absolute atomic E-state index is 13.3. The normalized spacial score (nSPS) is 17.6. The first-order valence-corrected chi connectivity index (χ1v) is 16.5. The van der Waals surface area contributed by atoms with Crippen LogP contribution in [0.25, 0.3) is 0 Å². The van der Waals surface area contributed by atoms with Crippen LogP contribution >= 0.6 is 10.6 Å². The fourth-order valence-corrected chi connectivity index (χ4v) is 5.86. The van der Waals surface area contributed by atoms with Crippen LogP contribution in [0.3, 0.4) is 0 Å². The summed E-state index contributed by atoms with van der Waals surface area (Å²) in [6.07, 6.45) is 3.22. The van der Waals surface area contributed by atoms with Crippen LogP contribution in [0.1, 0.15) is 38.4 Å². The molecule has 2 heterocycles. The number of rotatable bonds is 8. The molecule has 190 valence electrons. The molecular weight excluding hydrogens is 473 g/mol. The first-order chi connectivity index (χ1) is 15.8. The zero-order valence-electron chi connectivity index (χ0n) is 20.9. The lowest BCUT2D eigenvalue weighted by atomic mass is 10.2. The van der Waals surface area contributed by atoms with Gasteiger partial charge in [-0.3, -0.25) is 13.9 Å². The molecule has 1 aromatic heterocycles. The maximum atomic E-state index is 13.3. The number of halogens is 1. The van der Waals surface area contributed by atoms with Gasteiger partial charge in [0.1, 0.15) is 5.82 Å². The Morgan fingerprint density at radius 1 is 1.15 bits per heavy atom. The summed E-state index contributed by atoms with van der Waals surface area (Å²) >= 11 is 0. The SMILES string of the molecule is CC(C)(C)[Si](C)(C)OCCCc1cn(Cc2ccc(F)cc2)c(=O)c(N2CCS(O)(O)CC2)n1. The summed E-state index contributed by atoms with van der Waals surface area (Å²) < 4.78 is 41.2. The number of anilines is 1. The van der Waals surface area contributed by atoms with Crippen LogP contribution in [0, 0.1) is 5.82 Å². The maximum Gasteiger partial charge on any atom is 0.293 e. The van der Waals surface area contributed by atoms with E-state index in [1.54, 1.807) is 22.9 Å². The highest BCUT2D eigenvalue weighted by atomic mass is 32.3. The van der Waals surface area contributed by atoms with Gasteiger partial charge in [0, 0.05) is 25.9 Å². The highest BCUT2D eigenvalue weighted by Crippen LogP contribution is 2.40. The molecule has 1 aromatic carbocycles. The monoisotopic (exact) mass is 511 g/mol. The van der Waals surface area contributed by atoms with Crippen molar-refractivity contribution in [3.8, 4) is 0 Å². The van der Waals surface area contributed by atoms with Gasteiger partial charge in [-0.05, 0) is 48.7 Å². The van der Waals surface area contributed by atoms with Gasteiger partial charge in [-0.15, -0.1) is 0 Å². The first-order valence-electron chi connectivity index (χ1n) is 11.7. The predicted molar refractivity (Wildman–Crippen MR) is 140 cm³/mol. The molecule has 0 atom stereocenters. The minimum atomic E-state index is -2.58. The molecule has 0 spiro atoms. The van der Waals surface area contributed by atoms with E-state index < -0.39 is 18.9 Å². The predicted octanol–water partition coefficient (Wildman–Crippen LogP) is 4.96. The van der Waals surface area contributed by atoms with Gasteiger partial charge in [-0.25, -0.2) is 9.37 Å². The summed E-state index contributed by atoms with van der Waals surface area (Å²) in [5.74, 6) is 0.480. The Hall–Kier alpha value is -1.72. The molecule has 0 bridgehead atoms. The lowest BCUT2D eigenvalue weighted by molar-refractivity contribution is 0.282. The molecule has 7 nitrogen and oxygen atoms in total. The molecule has 34 heavy (non-hydrogen) atoms. The molecule has 0 radical (unpaired) electrons. The summed E-state index contributed by atoms with van der Waals surface area (Å²) in [5.41, 5.74) is 1.37. The molecular formula is C24H38FN3O4SSi. The van der Waals surface area contributed by atoms with Crippen molar-refractivity contribution >= 4 is 24.7 Å². The molecule has 2 aromatic rings. The molecule has 0 amide bonds. The number of hydrogen-bond donors (Lipinski definition) is 2. The fourth-order valence-electron chi connectivity index (χ4n) is 3.55. The van der Waals surface area contributed by atoms with Crippen LogP contribution in [-0.2, 0) is 17.4 Å². The molecule has 0 unspecified atom stereocenters. The van der Waals surface area contributed by atoms with Gasteiger partial charge in [0.05, 0.1) is 23.7 Å². The Bertz CT molecular complexity index is 1030. The number of aryl methyl sites for hydroxylation is 1. The molecule has 3 rings (SSSR count). The zero-order valence-corrected chi connectivity index (χ0v) is 22.7. The van der Waals surface area contributed by atoms with E-state index in [-0.39, 0.29) is 27.9 Å². The van der Waals surface area contributed by atoms with Gasteiger partial charge in [0.2, 0.25) is 0 Å². The second kappa shape index (κ2) is 10.5. The summed E-state index contributed by atoms with van der Waals surface area (Å²) in [6, 6.07) is 6.11. The quantitative estimate of drug-likeness (QED) is 0.385. The van der Waals surface area contributed by atoms with Crippen LogP contribution in [0.2, 0.25) is 18.1 Å². The Morgan fingerprint density at radius 2 is 1.76 bits per heavy atom. The van der Waals surface area contributed by atoms with Crippen LogP contribution in [-0.4, -0.2) is 58.2 Å². The number of aromatic nitrogens is 2. The van der Waals surface area contributed by atoms with Crippen LogP contribution in [0.5, 0.6) is 0 Å². The molecule has 0 aliphatic carbocycles. The third-order valence-corrected chi connectivity index (χ3v) is 13.0. The van der Waals surface area contributed by atoms with Crippen LogP contribution < -0.4 is 10.5 Å². The van der Waals surface area contributed by atoms with E-state index in [9.17, 15) is 18.3 Å². The van der Waals surface area contributed by atoms with E-state index >= 15 is 0 Å². The van der Waals surface area contributed by atoms with Crippen molar-refractivity contribution in [2.45, 2.75) is 58.3 Å². The third-order valence-electron chi connectivity index (χ3n) is 6.79. The average molecular weight is 512 g/mol. The molecule has 10 heteroatoms. The van der Waals surface area contributed by atoms with Crippen molar-refractivity contribution in [1.82, 2.24) is 9.55 Å². The molecule has 1 saturated heterocycles. The van der Waals surface area contributed by atoms with E-state index in [0.29, 0.717) is 38.5 Å². The first kappa shape index (κ1) is 26.9. The van der Waals surface area contributed by atoms with Crippen molar-refractivity contribution in [3.63, 3.8) is 0 Å². The Kier molecular flexibility index (Phi) is 8.29. The van der Waals surface area contributed by atoms with E-state index in [1.807, 2.05) is 4.90 Å². The van der Waals surface area contributed by atoms with Gasteiger partial charge in [-0.1, -0.05) is 32.9 Å². The molecule has 0 saturated carbocycles. The van der Waals surface area contributed by atoms with Gasteiger partial charge < -0.3 is 13.9 Å². The standard InChI is InChI=1S/C24H38FN3O4SSi/c1-24(2,3)34(4,5)32-14-6-7-21-18-28(17-19-8-10-20(25)11-9-19)23(29)22(26-21)27-12-15-33(30,31)16-13-27/h8-11,18,30-31H,6-7,12-17H2,1-5H3. The number of benzene rings is 1. The summed E-state index contributed by atoms with van der Waals surface area (Å²) in [5, 5.41) is 0.145. The Balaban J connectivity index is 1.80. The minimum Gasteiger partial charge on any atom is -0.417 e. The van der Waals surface area contributed by atoms with Gasteiger partial charge in [0.25, 0.3) is 5.56 Å². The Labute approximate surface area is 204 Å². The fraction of sp³-hybridized carbons (Fsp3) is 0.583. The highest BCUT2D eigenvalue weighted by molar-refractivity contribution is 8.24. The van der Waals surface area contributed by atoms with E-state index in [1.165, 1.54) is 12.1 Å². The topological polar surface area (TPSA) is 87.8 Å². The molecule has 2 N–H and O–H groups in total. The van der Waals surface area contributed by atoms with E-state index in [4.69, 9.17) is 4.43 Å². The lowest BCUT2D eigenvalue weighted by Crippen LogP contribution is -2.43. The second-order valence-electron chi connectivity index (χ2n) is 10.5. The molecule has 1 fully saturated rings. The van der Waals surface area contributed by atoms with Crippen molar-refractivity contribution in [3.05, 3.63) is 57.9 Å². The number of hydrogen-bond acceptors (Lipinski definition) is 6.